The first kappa shape index (κ1) is 13.9. The molecule has 0 radical (unpaired) electrons. The van der Waals surface area contributed by atoms with Gasteiger partial charge in [0.1, 0.15) is 0 Å². The van der Waals surface area contributed by atoms with Gasteiger partial charge in [0.15, 0.2) is 5.82 Å². The van der Waals surface area contributed by atoms with Gasteiger partial charge in [0.25, 0.3) is 0 Å². The summed E-state index contributed by atoms with van der Waals surface area (Å²) >= 11 is 1.98. The lowest BCUT2D eigenvalue weighted by atomic mass is 10.0. The minimum absolute atomic E-state index is 0.274. The van der Waals surface area contributed by atoms with E-state index in [0.29, 0.717) is 6.54 Å². The van der Waals surface area contributed by atoms with Crippen LogP contribution in [0.5, 0.6) is 0 Å². The predicted octanol–water partition coefficient (Wildman–Crippen LogP) is 3.09. The van der Waals surface area contributed by atoms with Crippen molar-refractivity contribution in [2.75, 3.05) is 6.54 Å². The Morgan fingerprint density at radius 2 is 2.17 bits per heavy atom. The molecule has 1 heterocycles. The lowest BCUT2D eigenvalue weighted by Crippen LogP contribution is -2.08. The maximum absolute atomic E-state index is 5.54. The van der Waals surface area contributed by atoms with Gasteiger partial charge in [-0.25, -0.2) is 0 Å². The van der Waals surface area contributed by atoms with Crippen molar-refractivity contribution in [1.82, 2.24) is 10.1 Å². The van der Waals surface area contributed by atoms with Gasteiger partial charge in [0.05, 0.1) is 5.75 Å². The molecule has 1 aromatic rings. The maximum Gasteiger partial charge on any atom is 0.229 e. The number of aromatic nitrogens is 2. The SMILES string of the molecule is CC(CCN)c1nc(CSC2CCCCC2)no1. The van der Waals surface area contributed by atoms with E-state index in [2.05, 4.69) is 17.1 Å². The molecule has 1 unspecified atom stereocenters. The minimum Gasteiger partial charge on any atom is -0.339 e. The molecule has 1 aliphatic rings. The summed E-state index contributed by atoms with van der Waals surface area (Å²) in [6.45, 7) is 2.74. The maximum atomic E-state index is 5.54. The molecule has 0 aromatic carbocycles. The van der Waals surface area contributed by atoms with Crippen molar-refractivity contribution in [3.8, 4) is 0 Å². The van der Waals surface area contributed by atoms with Gasteiger partial charge in [0.2, 0.25) is 5.89 Å². The Bertz CT molecular complexity index is 350. The second-order valence-corrected chi connectivity index (χ2v) is 6.39. The molecule has 1 saturated carbocycles. The fraction of sp³-hybridized carbons (Fsp3) is 0.846. The highest BCUT2D eigenvalue weighted by atomic mass is 32.2. The molecular formula is C13H23N3OS. The second kappa shape index (κ2) is 7.14. The van der Waals surface area contributed by atoms with Crippen molar-refractivity contribution in [3.05, 3.63) is 11.7 Å². The fourth-order valence-corrected chi connectivity index (χ4v) is 3.49. The molecule has 1 aromatic heterocycles. The standard InChI is InChI=1S/C13H23N3OS/c1-10(7-8-14)13-15-12(16-17-13)9-18-11-5-3-2-4-6-11/h10-11H,2-9,14H2,1H3. The monoisotopic (exact) mass is 269 g/mol. The van der Waals surface area contributed by atoms with Crippen molar-refractivity contribution in [2.24, 2.45) is 5.73 Å². The van der Waals surface area contributed by atoms with Crippen LogP contribution in [-0.2, 0) is 5.75 Å². The van der Waals surface area contributed by atoms with Crippen molar-refractivity contribution >= 4 is 11.8 Å². The summed E-state index contributed by atoms with van der Waals surface area (Å²) in [7, 11) is 0. The fourth-order valence-electron chi connectivity index (χ4n) is 2.32. The van der Waals surface area contributed by atoms with Gasteiger partial charge >= 0.3 is 0 Å². The number of rotatable bonds is 6. The van der Waals surface area contributed by atoms with Crippen LogP contribution >= 0.6 is 11.8 Å². The van der Waals surface area contributed by atoms with Crippen LogP contribution in [0.1, 0.15) is 63.1 Å². The number of nitrogens with two attached hydrogens (primary N) is 1. The third kappa shape index (κ3) is 3.99. The summed E-state index contributed by atoms with van der Waals surface area (Å²) in [5.74, 6) is 2.73. The lowest BCUT2D eigenvalue weighted by molar-refractivity contribution is 0.352. The number of hydrogen-bond acceptors (Lipinski definition) is 5. The van der Waals surface area contributed by atoms with Crippen LogP contribution in [0.15, 0.2) is 4.52 Å². The Morgan fingerprint density at radius 1 is 1.39 bits per heavy atom. The minimum atomic E-state index is 0.274. The van der Waals surface area contributed by atoms with Crippen LogP contribution < -0.4 is 5.73 Å². The summed E-state index contributed by atoms with van der Waals surface area (Å²) in [5, 5.41) is 4.85. The molecule has 4 nitrogen and oxygen atoms in total. The number of thioether (sulfide) groups is 1. The molecule has 1 fully saturated rings. The molecule has 0 spiro atoms. The van der Waals surface area contributed by atoms with Gasteiger partial charge < -0.3 is 10.3 Å². The first-order chi connectivity index (χ1) is 8.79. The first-order valence-electron chi connectivity index (χ1n) is 6.93. The zero-order valence-corrected chi connectivity index (χ0v) is 11.9. The Morgan fingerprint density at radius 3 is 2.89 bits per heavy atom. The smallest absolute Gasteiger partial charge is 0.229 e. The van der Waals surface area contributed by atoms with Crippen LogP contribution in [0.4, 0.5) is 0 Å². The Hall–Kier alpha value is -0.550. The predicted molar refractivity (Wildman–Crippen MR) is 74.6 cm³/mol. The van der Waals surface area contributed by atoms with E-state index in [0.717, 1.165) is 29.1 Å². The van der Waals surface area contributed by atoms with E-state index in [1.54, 1.807) is 0 Å². The molecule has 2 rings (SSSR count). The zero-order valence-electron chi connectivity index (χ0n) is 11.1. The molecule has 0 bridgehead atoms. The van der Waals surface area contributed by atoms with E-state index in [-0.39, 0.29) is 5.92 Å². The van der Waals surface area contributed by atoms with E-state index in [4.69, 9.17) is 10.3 Å². The molecule has 1 atom stereocenters. The number of nitrogens with zero attached hydrogens (tertiary/aromatic N) is 2. The molecular weight excluding hydrogens is 246 g/mol. The van der Waals surface area contributed by atoms with Gasteiger partial charge in [0, 0.05) is 11.2 Å². The normalized spacial score (nSPS) is 19.0. The Balaban J connectivity index is 1.79. The van der Waals surface area contributed by atoms with E-state index < -0.39 is 0 Å². The van der Waals surface area contributed by atoms with Crippen LogP contribution in [0, 0.1) is 0 Å². The zero-order chi connectivity index (χ0) is 12.8. The van der Waals surface area contributed by atoms with Gasteiger partial charge in [-0.3, -0.25) is 0 Å². The molecule has 102 valence electrons. The van der Waals surface area contributed by atoms with Crippen LogP contribution in [0.3, 0.4) is 0 Å². The van der Waals surface area contributed by atoms with Crippen LogP contribution in [-0.4, -0.2) is 21.9 Å². The average Bonchev–Trinajstić information content (AvgIpc) is 2.87. The van der Waals surface area contributed by atoms with Crippen molar-refractivity contribution in [2.45, 2.75) is 62.4 Å². The Labute approximate surface area is 113 Å². The summed E-state index contributed by atoms with van der Waals surface area (Å²) in [6.07, 6.45) is 7.75. The summed E-state index contributed by atoms with van der Waals surface area (Å²) in [6, 6.07) is 0. The van der Waals surface area contributed by atoms with Gasteiger partial charge in [-0.05, 0) is 25.8 Å². The van der Waals surface area contributed by atoms with Gasteiger partial charge in [-0.1, -0.05) is 31.3 Å². The highest BCUT2D eigenvalue weighted by Gasteiger charge is 2.17. The molecule has 0 amide bonds. The lowest BCUT2D eigenvalue weighted by Gasteiger charge is -2.19. The van der Waals surface area contributed by atoms with Gasteiger partial charge in [-0.15, -0.1) is 0 Å². The third-order valence-corrected chi connectivity index (χ3v) is 4.87. The van der Waals surface area contributed by atoms with Crippen molar-refractivity contribution < 1.29 is 4.52 Å². The van der Waals surface area contributed by atoms with E-state index in [9.17, 15) is 0 Å². The largest absolute Gasteiger partial charge is 0.339 e. The van der Waals surface area contributed by atoms with Crippen molar-refractivity contribution in [3.63, 3.8) is 0 Å². The van der Waals surface area contributed by atoms with E-state index in [1.165, 1.54) is 32.1 Å². The second-order valence-electron chi connectivity index (χ2n) is 5.10. The summed E-state index contributed by atoms with van der Waals surface area (Å²) in [5.41, 5.74) is 5.54. The molecule has 2 N–H and O–H groups in total. The van der Waals surface area contributed by atoms with Crippen LogP contribution in [0.25, 0.3) is 0 Å². The Kier molecular flexibility index (Phi) is 5.50. The van der Waals surface area contributed by atoms with E-state index in [1.807, 2.05) is 11.8 Å². The first-order valence-corrected chi connectivity index (χ1v) is 7.98. The summed E-state index contributed by atoms with van der Waals surface area (Å²) in [4.78, 5) is 4.46. The highest BCUT2D eigenvalue weighted by molar-refractivity contribution is 7.99. The molecule has 18 heavy (non-hydrogen) atoms. The topological polar surface area (TPSA) is 64.9 Å². The average molecular weight is 269 g/mol. The molecule has 0 saturated heterocycles. The quantitative estimate of drug-likeness (QED) is 0.859. The third-order valence-electron chi connectivity index (χ3n) is 3.51. The summed E-state index contributed by atoms with van der Waals surface area (Å²) < 4.78 is 5.29. The van der Waals surface area contributed by atoms with E-state index >= 15 is 0 Å². The van der Waals surface area contributed by atoms with Crippen LogP contribution in [0.2, 0.25) is 0 Å². The number of hydrogen-bond donors (Lipinski definition) is 1. The molecule has 5 heteroatoms. The van der Waals surface area contributed by atoms with Crippen molar-refractivity contribution in [1.29, 1.82) is 0 Å². The highest BCUT2D eigenvalue weighted by Crippen LogP contribution is 2.30. The molecule has 1 aliphatic carbocycles. The molecule has 0 aliphatic heterocycles. The van der Waals surface area contributed by atoms with Gasteiger partial charge in [-0.2, -0.15) is 16.7 Å².